The van der Waals surface area contributed by atoms with Crippen molar-refractivity contribution >= 4 is 35.0 Å². The fraction of sp³-hybridized carbons (Fsp3) is 0.286. The minimum absolute atomic E-state index is 0.249. The zero-order chi connectivity index (χ0) is 14.1. The monoisotopic (exact) mass is 308 g/mol. The highest BCUT2D eigenvalue weighted by Crippen LogP contribution is 2.35. The number of nitrogens with one attached hydrogen (secondary N) is 1. The molecule has 1 aromatic carbocycles. The highest BCUT2D eigenvalue weighted by molar-refractivity contribution is 6.36. The lowest BCUT2D eigenvalue weighted by Gasteiger charge is -2.13. The van der Waals surface area contributed by atoms with Crippen LogP contribution >= 0.6 is 23.2 Å². The Morgan fingerprint density at radius 3 is 2.80 bits per heavy atom. The Hall–Kier alpha value is -1.52. The predicted molar refractivity (Wildman–Crippen MR) is 83.3 cm³/mol. The summed E-state index contributed by atoms with van der Waals surface area (Å²) in [6, 6.07) is 5.39. The Morgan fingerprint density at radius 1 is 1.15 bits per heavy atom. The SMILES string of the molecule is Nc1nc2c(c(-c3ccc(Cl)cc3Cl)n1)CCCCN2. The number of rotatable bonds is 1. The number of hydrogen-bond acceptors (Lipinski definition) is 4. The summed E-state index contributed by atoms with van der Waals surface area (Å²) in [5, 5.41) is 4.48. The minimum atomic E-state index is 0.249. The van der Waals surface area contributed by atoms with Crippen LogP contribution in [0.3, 0.4) is 0 Å². The molecule has 1 aliphatic heterocycles. The van der Waals surface area contributed by atoms with Crippen LogP contribution in [-0.2, 0) is 6.42 Å². The second-order valence-electron chi connectivity index (χ2n) is 4.77. The van der Waals surface area contributed by atoms with Crippen molar-refractivity contribution in [2.24, 2.45) is 0 Å². The van der Waals surface area contributed by atoms with Crippen LogP contribution in [0.15, 0.2) is 18.2 Å². The number of nitrogen functional groups attached to an aromatic ring is 1. The van der Waals surface area contributed by atoms with E-state index in [1.165, 1.54) is 0 Å². The van der Waals surface area contributed by atoms with Crippen molar-refractivity contribution in [2.45, 2.75) is 19.3 Å². The number of halogens is 2. The van der Waals surface area contributed by atoms with Gasteiger partial charge in [0.25, 0.3) is 0 Å². The molecule has 0 unspecified atom stereocenters. The van der Waals surface area contributed by atoms with Gasteiger partial charge >= 0.3 is 0 Å². The summed E-state index contributed by atoms with van der Waals surface area (Å²) in [6.07, 6.45) is 3.10. The maximum Gasteiger partial charge on any atom is 0.222 e. The molecule has 1 aliphatic rings. The molecule has 0 amide bonds. The van der Waals surface area contributed by atoms with Crippen molar-refractivity contribution in [3.8, 4) is 11.3 Å². The standard InChI is InChI=1S/C14H14Cl2N4/c15-8-4-5-9(11(16)7-8)12-10-3-1-2-6-18-13(10)20-14(17)19-12/h4-5,7H,1-3,6H2,(H3,17,18,19,20). The quantitative estimate of drug-likeness (QED) is 0.841. The molecule has 2 heterocycles. The molecule has 0 fully saturated rings. The number of nitrogens with zero attached hydrogens (tertiary/aromatic N) is 2. The third-order valence-corrected chi connectivity index (χ3v) is 3.90. The van der Waals surface area contributed by atoms with Crippen LogP contribution in [0, 0.1) is 0 Å². The fourth-order valence-corrected chi connectivity index (χ4v) is 2.92. The minimum Gasteiger partial charge on any atom is -0.370 e. The van der Waals surface area contributed by atoms with Crippen LogP contribution in [0.4, 0.5) is 11.8 Å². The van der Waals surface area contributed by atoms with Crippen molar-refractivity contribution in [2.75, 3.05) is 17.6 Å². The molecule has 0 radical (unpaired) electrons. The van der Waals surface area contributed by atoms with Crippen LogP contribution < -0.4 is 11.1 Å². The maximum absolute atomic E-state index is 6.29. The number of aromatic nitrogens is 2. The van der Waals surface area contributed by atoms with Crippen LogP contribution in [0.25, 0.3) is 11.3 Å². The summed E-state index contributed by atoms with van der Waals surface area (Å²) in [7, 11) is 0. The van der Waals surface area contributed by atoms with Crippen LogP contribution in [0.2, 0.25) is 10.0 Å². The molecule has 6 heteroatoms. The number of hydrogen-bond donors (Lipinski definition) is 2. The molecule has 3 rings (SSSR count). The van der Waals surface area contributed by atoms with E-state index in [4.69, 9.17) is 28.9 Å². The van der Waals surface area contributed by atoms with Gasteiger partial charge in [-0.1, -0.05) is 23.2 Å². The van der Waals surface area contributed by atoms with E-state index in [1.54, 1.807) is 12.1 Å². The van der Waals surface area contributed by atoms with Gasteiger partial charge in [-0.25, -0.2) is 4.98 Å². The van der Waals surface area contributed by atoms with E-state index in [9.17, 15) is 0 Å². The first-order valence-corrected chi connectivity index (χ1v) is 7.26. The van der Waals surface area contributed by atoms with E-state index in [2.05, 4.69) is 15.3 Å². The van der Waals surface area contributed by atoms with E-state index in [0.717, 1.165) is 48.4 Å². The van der Waals surface area contributed by atoms with Gasteiger partial charge in [0.15, 0.2) is 0 Å². The third kappa shape index (κ3) is 2.53. The lowest BCUT2D eigenvalue weighted by atomic mass is 10.0. The van der Waals surface area contributed by atoms with Gasteiger partial charge in [-0.05, 0) is 37.5 Å². The second kappa shape index (κ2) is 5.46. The average molecular weight is 309 g/mol. The first-order valence-electron chi connectivity index (χ1n) is 6.51. The molecule has 0 saturated carbocycles. The second-order valence-corrected chi connectivity index (χ2v) is 5.61. The van der Waals surface area contributed by atoms with E-state index >= 15 is 0 Å². The van der Waals surface area contributed by atoms with E-state index in [-0.39, 0.29) is 5.95 Å². The molecule has 0 aliphatic carbocycles. The summed E-state index contributed by atoms with van der Waals surface area (Å²) in [5.41, 5.74) is 8.52. The summed E-state index contributed by atoms with van der Waals surface area (Å²) in [4.78, 5) is 8.68. The average Bonchev–Trinajstić information content (AvgIpc) is 2.63. The highest BCUT2D eigenvalue weighted by atomic mass is 35.5. The molecule has 0 spiro atoms. The van der Waals surface area contributed by atoms with Crippen molar-refractivity contribution in [3.63, 3.8) is 0 Å². The normalized spacial score (nSPS) is 14.3. The Balaban J connectivity index is 2.20. The first-order chi connectivity index (χ1) is 9.65. The van der Waals surface area contributed by atoms with Crippen molar-refractivity contribution in [1.29, 1.82) is 0 Å². The Bertz CT molecular complexity index is 658. The third-order valence-electron chi connectivity index (χ3n) is 3.36. The van der Waals surface area contributed by atoms with E-state index in [0.29, 0.717) is 10.0 Å². The Morgan fingerprint density at radius 2 is 2.00 bits per heavy atom. The number of benzene rings is 1. The summed E-state index contributed by atoms with van der Waals surface area (Å²) in [6.45, 7) is 0.900. The lowest BCUT2D eigenvalue weighted by molar-refractivity contribution is 0.785. The van der Waals surface area contributed by atoms with E-state index < -0.39 is 0 Å². The highest BCUT2D eigenvalue weighted by Gasteiger charge is 2.18. The van der Waals surface area contributed by atoms with Crippen molar-refractivity contribution in [1.82, 2.24) is 9.97 Å². The van der Waals surface area contributed by atoms with Gasteiger partial charge in [0, 0.05) is 22.7 Å². The summed E-state index contributed by atoms with van der Waals surface area (Å²) >= 11 is 12.2. The van der Waals surface area contributed by atoms with Crippen LogP contribution in [0.5, 0.6) is 0 Å². The topological polar surface area (TPSA) is 63.8 Å². The van der Waals surface area contributed by atoms with Crippen molar-refractivity contribution in [3.05, 3.63) is 33.8 Å². The van der Waals surface area contributed by atoms with E-state index in [1.807, 2.05) is 6.07 Å². The van der Waals surface area contributed by atoms with Crippen molar-refractivity contribution < 1.29 is 0 Å². The molecule has 1 aromatic heterocycles. The maximum atomic E-state index is 6.29. The zero-order valence-corrected chi connectivity index (χ0v) is 12.3. The van der Waals surface area contributed by atoms with Gasteiger partial charge in [0.2, 0.25) is 5.95 Å². The smallest absolute Gasteiger partial charge is 0.222 e. The molecular weight excluding hydrogens is 295 g/mol. The molecule has 2 aromatic rings. The largest absolute Gasteiger partial charge is 0.370 e. The van der Waals surface area contributed by atoms with Gasteiger partial charge < -0.3 is 11.1 Å². The molecule has 4 nitrogen and oxygen atoms in total. The van der Waals surface area contributed by atoms with Crippen LogP contribution in [-0.4, -0.2) is 16.5 Å². The van der Waals surface area contributed by atoms with Gasteiger partial charge in [0.1, 0.15) is 5.82 Å². The van der Waals surface area contributed by atoms with Gasteiger partial charge in [-0.2, -0.15) is 4.98 Å². The molecule has 104 valence electrons. The predicted octanol–water partition coefficient (Wildman–Crippen LogP) is 3.78. The van der Waals surface area contributed by atoms with Gasteiger partial charge in [-0.3, -0.25) is 0 Å². The molecule has 0 bridgehead atoms. The summed E-state index contributed by atoms with van der Waals surface area (Å²) < 4.78 is 0. The Labute approximate surface area is 127 Å². The van der Waals surface area contributed by atoms with Crippen LogP contribution in [0.1, 0.15) is 18.4 Å². The Kier molecular flexibility index (Phi) is 3.68. The molecule has 3 N–H and O–H groups in total. The molecule has 0 saturated heterocycles. The number of anilines is 2. The number of nitrogens with two attached hydrogens (primary N) is 1. The lowest BCUT2D eigenvalue weighted by Crippen LogP contribution is -2.07. The van der Waals surface area contributed by atoms with Gasteiger partial charge in [0.05, 0.1) is 10.7 Å². The molecule has 20 heavy (non-hydrogen) atoms. The molecule has 0 atom stereocenters. The molecular formula is C14H14Cl2N4. The fourth-order valence-electron chi connectivity index (χ4n) is 2.42. The number of fused-ring (bicyclic) bond motifs is 1. The summed E-state index contributed by atoms with van der Waals surface area (Å²) in [5.74, 6) is 1.06. The van der Waals surface area contributed by atoms with Gasteiger partial charge in [-0.15, -0.1) is 0 Å². The zero-order valence-electron chi connectivity index (χ0n) is 10.8. The first kappa shape index (κ1) is 13.5.